The van der Waals surface area contributed by atoms with E-state index >= 15 is 0 Å². The van der Waals surface area contributed by atoms with Crippen molar-refractivity contribution in [3.8, 4) is 0 Å². The molecule has 1 aliphatic heterocycles. The minimum Gasteiger partial charge on any atom is -0.374 e. The van der Waals surface area contributed by atoms with E-state index in [0.29, 0.717) is 26.3 Å². The Balaban J connectivity index is 2.52. The number of hydrogen-bond donors (Lipinski definition) is 0. The fraction of sp³-hybridized carbons (Fsp3) is 0.900. The van der Waals surface area contributed by atoms with E-state index in [2.05, 4.69) is 0 Å². The molecule has 0 N–H and O–H groups in total. The predicted octanol–water partition coefficient (Wildman–Crippen LogP) is 0.878. The van der Waals surface area contributed by atoms with Crippen LogP contribution >= 0.6 is 11.6 Å². The summed E-state index contributed by atoms with van der Waals surface area (Å²) >= 11 is 5.51. The van der Waals surface area contributed by atoms with Gasteiger partial charge < -0.3 is 14.4 Å². The van der Waals surface area contributed by atoms with Crippen molar-refractivity contribution < 1.29 is 14.3 Å². The quantitative estimate of drug-likeness (QED) is 0.664. The van der Waals surface area contributed by atoms with Gasteiger partial charge in [-0.25, -0.2) is 0 Å². The van der Waals surface area contributed by atoms with E-state index in [0.717, 1.165) is 0 Å². The Hall–Kier alpha value is -0.320. The third kappa shape index (κ3) is 3.33. The Morgan fingerprint density at radius 3 is 2.07 bits per heavy atom. The van der Waals surface area contributed by atoms with Crippen LogP contribution in [-0.4, -0.2) is 55.2 Å². The summed E-state index contributed by atoms with van der Waals surface area (Å²) in [7, 11) is 0. The highest BCUT2D eigenvalue weighted by molar-refractivity contribution is 6.27. The molecule has 0 aromatic rings. The first-order chi connectivity index (χ1) is 7.22. The highest BCUT2D eigenvalue weighted by atomic mass is 35.5. The van der Waals surface area contributed by atoms with Crippen molar-refractivity contribution in [2.45, 2.75) is 26.1 Å². The maximum Gasteiger partial charge on any atom is 0.237 e. The van der Waals surface area contributed by atoms with Gasteiger partial charge in [0.2, 0.25) is 5.91 Å². The molecular formula is C10H18ClNO3. The predicted molar refractivity (Wildman–Crippen MR) is 58.1 cm³/mol. The van der Waals surface area contributed by atoms with E-state index in [-0.39, 0.29) is 24.0 Å². The molecule has 1 saturated heterocycles. The van der Waals surface area contributed by atoms with Gasteiger partial charge in [0.15, 0.2) is 0 Å². The van der Waals surface area contributed by atoms with Crippen molar-refractivity contribution in [1.82, 2.24) is 4.90 Å². The highest BCUT2D eigenvalue weighted by Crippen LogP contribution is 2.17. The van der Waals surface area contributed by atoms with E-state index in [1.54, 1.807) is 4.90 Å². The molecule has 0 radical (unpaired) electrons. The Bertz CT molecular complexity index is 199. The number of carbonyl (C=O) groups is 1. The Morgan fingerprint density at radius 1 is 1.27 bits per heavy atom. The fourth-order valence-electron chi connectivity index (χ4n) is 1.78. The third-order valence-corrected chi connectivity index (χ3v) is 2.67. The molecule has 1 aliphatic rings. The van der Waals surface area contributed by atoms with Crippen LogP contribution in [0.15, 0.2) is 0 Å². The number of rotatable bonds is 5. The van der Waals surface area contributed by atoms with Crippen LogP contribution in [0.5, 0.6) is 0 Å². The molecule has 0 aromatic heterocycles. The van der Waals surface area contributed by atoms with Crippen LogP contribution in [0.3, 0.4) is 0 Å². The van der Waals surface area contributed by atoms with Crippen molar-refractivity contribution >= 4 is 17.5 Å². The number of nitrogens with zero attached hydrogens (tertiary/aromatic N) is 1. The molecule has 4 nitrogen and oxygen atoms in total. The number of hydrogen-bond acceptors (Lipinski definition) is 3. The number of alkyl halides is 1. The minimum absolute atomic E-state index is 0.0119. The topological polar surface area (TPSA) is 38.8 Å². The van der Waals surface area contributed by atoms with Crippen LogP contribution in [-0.2, 0) is 14.3 Å². The van der Waals surface area contributed by atoms with Crippen molar-refractivity contribution in [2.24, 2.45) is 0 Å². The molecule has 0 spiro atoms. The molecule has 0 unspecified atom stereocenters. The van der Waals surface area contributed by atoms with Crippen LogP contribution < -0.4 is 0 Å². The molecule has 88 valence electrons. The van der Waals surface area contributed by atoms with Crippen LogP contribution in [0.2, 0.25) is 0 Å². The molecule has 15 heavy (non-hydrogen) atoms. The second-order valence-electron chi connectivity index (χ2n) is 3.42. The van der Waals surface area contributed by atoms with Gasteiger partial charge in [0.05, 0.1) is 0 Å². The van der Waals surface area contributed by atoms with E-state index in [1.807, 2.05) is 13.8 Å². The second kappa shape index (κ2) is 6.30. The first kappa shape index (κ1) is 12.7. The molecule has 1 amide bonds. The average molecular weight is 236 g/mol. The van der Waals surface area contributed by atoms with Gasteiger partial charge in [0.1, 0.15) is 18.1 Å². The summed E-state index contributed by atoms with van der Waals surface area (Å²) in [6.07, 6.45) is -0.0239. The molecule has 5 heteroatoms. The zero-order chi connectivity index (χ0) is 11.3. The number of amides is 1. The van der Waals surface area contributed by atoms with Gasteiger partial charge in [-0.05, 0) is 13.8 Å². The minimum atomic E-state index is -0.0522. The SMILES string of the molecule is CCO[C@H]1CN(C(=O)CCl)C[C@H]1OCC. The number of likely N-dealkylation sites (tertiary alicyclic amines) is 1. The Morgan fingerprint density at radius 2 is 1.73 bits per heavy atom. The molecular weight excluding hydrogens is 218 g/mol. The van der Waals surface area contributed by atoms with Gasteiger partial charge in [0.25, 0.3) is 0 Å². The van der Waals surface area contributed by atoms with Crippen LogP contribution in [0.4, 0.5) is 0 Å². The fourth-order valence-corrected chi connectivity index (χ4v) is 1.95. The molecule has 0 aliphatic carbocycles. The molecule has 1 rings (SSSR count). The van der Waals surface area contributed by atoms with Gasteiger partial charge in [0, 0.05) is 26.3 Å². The van der Waals surface area contributed by atoms with Crippen LogP contribution in [0.25, 0.3) is 0 Å². The molecule has 0 saturated carbocycles. The average Bonchev–Trinajstić information content (AvgIpc) is 2.62. The Labute approximate surface area is 95.5 Å². The van der Waals surface area contributed by atoms with E-state index in [4.69, 9.17) is 21.1 Å². The second-order valence-corrected chi connectivity index (χ2v) is 3.69. The van der Waals surface area contributed by atoms with Gasteiger partial charge >= 0.3 is 0 Å². The van der Waals surface area contributed by atoms with Gasteiger partial charge in [-0.3, -0.25) is 4.79 Å². The lowest BCUT2D eigenvalue weighted by atomic mass is 10.2. The third-order valence-electron chi connectivity index (χ3n) is 2.44. The summed E-state index contributed by atoms with van der Waals surface area (Å²) in [5.41, 5.74) is 0. The van der Waals surface area contributed by atoms with Gasteiger partial charge in [-0.1, -0.05) is 0 Å². The summed E-state index contributed by atoms with van der Waals surface area (Å²) < 4.78 is 11.1. The zero-order valence-corrected chi connectivity index (χ0v) is 10.00. The normalized spacial score (nSPS) is 25.9. The maximum absolute atomic E-state index is 11.4. The summed E-state index contributed by atoms with van der Waals surface area (Å²) in [4.78, 5) is 13.1. The standard InChI is InChI=1S/C10H18ClNO3/c1-3-14-8-6-12(10(13)5-11)7-9(8)15-4-2/h8-9H,3-7H2,1-2H3/t8-,9+. The van der Waals surface area contributed by atoms with Crippen LogP contribution in [0.1, 0.15) is 13.8 Å². The highest BCUT2D eigenvalue weighted by Gasteiger charge is 2.35. The number of ether oxygens (including phenoxy) is 2. The van der Waals surface area contributed by atoms with E-state index in [1.165, 1.54) is 0 Å². The number of carbonyl (C=O) groups excluding carboxylic acids is 1. The van der Waals surface area contributed by atoms with Crippen molar-refractivity contribution in [1.29, 1.82) is 0 Å². The Kier molecular flexibility index (Phi) is 5.36. The summed E-state index contributed by atoms with van der Waals surface area (Å²) in [6, 6.07) is 0. The first-order valence-corrected chi connectivity index (χ1v) is 5.83. The van der Waals surface area contributed by atoms with E-state index < -0.39 is 0 Å². The van der Waals surface area contributed by atoms with E-state index in [9.17, 15) is 4.79 Å². The van der Waals surface area contributed by atoms with Crippen molar-refractivity contribution in [3.63, 3.8) is 0 Å². The first-order valence-electron chi connectivity index (χ1n) is 5.29. The monoisotopic (exact) mass is 235 g/mol. The lowest BCUT2D eigenvalue weighted by Crippen LogP contribution is -2.31. The molecule has 1 fully saturated rings. The smallest absolute Gasteiger partial charge is 0.237 e. The summed E-state index contributed by atoms with van der Waals surface area (Å²) in [6.45, 7) is 6.33. The maximum atomic E-state index is 11.4. The molecule has 2 atom stereocenters. The summed E-state index contributed by atoms with van der Waals surface area (Å²) in [5, 5.41) is 0. The lowest BCUT2D eigenvalue weighted by Gasteiger charge is -2.17. The largest absolute Gasteiger partial charge is 0.374 e. The van der Waals surface area contributed by atoms with Gasteiger partial charge in [-0.2, -0.15) is 0 Å². The molecule has 0 bridgehead atoms. The zero-order valence-electron chi connectivity index (χ0n) is 9.24. The van der Waals surface area contributed by atoms with Crippen LogP contribution in [0, 0.1) is 0 Å². The molecule has 1 heterocycles. The molecule has 0 aromatic carbocycles. The van der Waals surface area contributed by atoms with Gasteiger partial charge in [-0.15, -0.1) is 11.6 Å². The van der Waals surface area contributed by atoms with Crippen molar-refractivity contribution in [3.05, 3.63) is 0 Å². The lowest BCUT2D eigenvalue weighted by molar-refractivity contribution is -0.128. The number of halogens is 1. The van der Waals surface area contributed by atoms with Crippen molar-refractivity contribution in [2.75, 3.05) is 32.2 Å². The summed E-state index contributed by atoms with van der Waals surface area (Å²) in [5.74, 6) is -0.0268.